The minimum Gasteiger partial charge on any atom is -0.453 e. The number of pyridine rings is 1. The van der Waals surface area contributed by atoms with E-state index in [1.165, 1.54) is 7.11 Å². The Hall–Kier alpha value is -3.94. The van der Waals surface area contributed by atoms with Crippen molar-refractivity contribution < 1.29 is 19.1 Å². The third kappa shape index (κ3) is 5.42. The number of hydrogen-bond acceptors (Lipinski definition) is 5. The van der Waals surface area contributed by atoms with Crippen LogP contribution in [0.3, 0.4) is 0 Å². The number of fused-ring (bicyclic) bond motifs is 1. The first-order valence-electron chi connectivity index (χ1n) is 11.8. The summed E-state index contributed by atoms with van der Waals surface area (Å²) in [7, 11) is 1.25. The molecule has 0 radical (unpaired) electrons. The van der Waals surface area contributed by atoms with Crippen molar-refractivity contribution in [2.45, 2.75) is 38.8 Å². The quantitative estimate of drug-likeness (QED) is 0.557. The van der Waals surface area contributed by atoms with Crippen LogP contribution in [-0.2, 0) is 14.3 Å². The molecule has 0 bridgehead atoms. The zero-order chi connectivity index (χ0) is 24.9. The topological polar surface area (TPSA) is 101 Å². The number of likely N-dealkylation sites (tertiary alicyclic amines) is 1. The average molecular weight is 475 g/mol. The van der Waals surface area contributed by atoms with Gasteiger partial charge in [0.1, 0.15) is 17.9 Å². The van der Waals surface area contributed by atoms with Crippen LogP contribution in [0.15, 0.2) is 60.7 Å². The lowest BCUT2D eigenvalue weighted by atomic mass is 10.0. The number of amides is 3. The predicted octanol–water partition coefficient (Wildman–Crippen LogP) is 4.21. The summed E-state index contributed by atoms with van der Waals surface area (Å²) in [5.41, 5.74) is 2.99. The molecule has 35 heavy (non-hydrogen) atoms. The number of benzene rings is 2. The fourth-order valence-electron chi connectivity index (χ4n) is 4.40. The van der Waals surface area contributed by atoms with Gasteiger partial charge in [0, 0.05) is 11.9 Å². The molecule has 3 amide bonds. The number of alkyl carbamates (subject to hydrolysis) is 1. The SMILES string of the molecule is COC(=O)N[C@H](C(=O)N1CCC[C@H]1C(=O)Nc1ccc2cc(-c3ccccc3)ccc2n1)C(C)C. The Morgan fingerprint density at radius 1 is 1.03 bits per heavy atom. The van der Waals surface area contributed by atoms with Gasteiger partial charge in [0.05, 0.1) is 12.6 Å². The van der Waals surface area contributed by atoms with Gasteiger partial charge in [0.25, 0.3) is 0 Å². The van der Waals surface area contributed by atoms with Gasteiger partial charge in [-0.1, -0.05) is 50.2 Å². The first-order valence-corrected chi connectivity index (χ1v) is 11.8. The number of hydrogen-bond donors (Lipinski definition) is 2. The van der Waals surface area contributed by atoms with Gasteiger partial charge in [0.15, 0.2) is 0 Å². The van der Waals surface area contributed by atoms with Crippen LogP contribution in [0.5, 0.6) is 0 Å². The molecule has 0 spiro atoms. The van der Waals surface area contributed by atoms with Gasteiger partial charge in [0.2, 0.25) is 11.8 Å². The highest BCUT2D eigenvalue weighted by atomic mass is 16.5. The van der Waals surface area contributed by atoms with Crippen LogP contribution in [0.25, 0.3) is 22.0 Å². The van der Waals surface area contributed by atoms with E-state index in [2.05, 4.69) is 38.6 Å². The molecule has 1 fully saturated rings. The molecule has 2 N–H and O–H groups in total. The molecule has 1 aromatic heterocycles. The monoisotopic (exact) mass is 474 g/mol. The molecule has 2 heterocycles. The summed E-state index contributed by atoms with van der Waals surface area (Å²) in [5.74, 6) is -0.302. The molecule has 182 valence electrons. The Morgan fingerprint density at radius 2 is 1.80 bits per heavy atom. The van der Waals surface area contributed by atoms with E-state index in [-0.39, 0.29) is 17.7 Å². The number of nitrogens with one attached hydrogen (secondary N) is 2. The second kappa shape index (κ2) is 10.5. The van der Waals surface area contributed by atoms with Crippen LogP contribution < -0.4 is 10.6 Å². The van der Waals surface area contributed by atoms with Crippen molar-refractivity contribution in [2.75, 3.05) is 19.0 Å². The number of carbonyl (C=O) groups excluding carboxylic acids is 3. The van der Waals surface area contributed by atoms with Crippen molar-refractivity contribution in [3.05, 3.63) is 60.7 Å². The summed E-state index contributed by atoms with van der Waals surface area (Å²) in [6.07, 6.45) is 0.586. The van der Waals surface area contributed by atoms with Crippen LogP contribution in [0, 0.1) is 5.92 Å². The van der Waals surface area contributed by atoms with E-state index >= 15 is 0 Å². The van der Waals surface area contributed by atoms with Crippen molar-refractivity contribution in [3.8, 4) is 11.1 Å². The van der Waals surface area contributed by atoms with E-state index in [4.69, 9.17) is 0 Å². The maximum Gasteiger partial charge on any atom is 0.407 e. The Kier molecular flexibility index (Phi) is 7.29. The highest BCUT2D eigenvalue weighted by Gasteiger charge is 2.38. The molecule has 0 saturated carbocycles. The average Bonchev–Trinajstić information content (AvgIpc) is 3.37. The maximum atomic E-state index is 13.2. The molecular weight excluding hydrogens is 444 g/mol. The summed E-state index contributed by atoms with van der Waals surface area (Å²) in [5, 5.41) is 6.43. The lowest BCUT2D eigenvalue weighted by Crippen LogP contribution is -2.54. The van der Waals surface area contributed by atoms with Gasteiger partial charge in [-0.05, 0) is 54.2 Å². The summed E-state index contributed by atoms with van der Waals surface area (Å²) in [6, 6.07) is 18.4. The molecule has 1 aliphatic rings. The molecule has 8 nitrogen and oxygen atoms in total. The van der Waals surface area contributed by atoms with Crippen LogP contribution in [0.2, 0.25) is 0 Å². The van der Waals surface area contributed by atoms with E-state index in [0.717, 1.165) is 22.0 Å². The molecule has 0 aliphatic carbocycles. The largest absolute Gasteiger partial charge is 0.453 e. The second-order valence-corrected chi connectivity index (χ2v) is 9.01. The Labute approximate surface area is 204 Å². The Bertz CT molecular complexity index is 1230. The van der Waals surface area contributed by atoms with E-state index in [1.807, 2.05) is 50.2 Å². The van der Waals surface area contributed by atoms with Crippen LogP contribution in [-0.4, -0.2) is 53.5 Å². The van der Waals surface area contributed by atoms with Crippen molar-refractivity contribution in [1.29, 1.82) is 0 Å². The normalized spacial score (nSPS) is 16.2. The van der Waals surface area contributed by atoms with Gasteiger partial charge in [-0.3, -0.25) is 9.59 Å². The maximum absolute atomic E-state index is 13.2. The Balaban J connectivity index is 1.48. The minimum atomic E-state index is -0.770. The van der Waals surface area contributed by atoms with Crippen LogP contribution >= 0.6 is 0 Å². The molecule has 8 heteroatoms. The number of rotatable bonds is 6. The summed E-state index contributed by atoms with van der Waals surface area (Å²) in [4.78, 5) is 44.2. The smallest absolute Gasteiger partial charge is 0.407 e. The molecule has 0 unspecified atom stereocenters. The van der Waals surface area contributed by atoms with Gasteiger partial charge in [-0.2, -0.15) is 0 Å². The van der Waals surface area contributed by atoms with Crippen molar-refractivity contribution in [3.63, 3.8) is 0 Å². The first-order chi connectivity index (χ1) is 16.9. The van der Waals surface area contributed by atoms with Crippen LogP contribution in [0.1, 0.15) is 26.7 Å². The third-order valence-electron chi connectivity index (χ3n) is 6.28. The molecule has 2 aromatic carbocycles. The minimum absolute atomic E-state index is 0.158. The number of ether oxygens (including phenoxy) is 1. The zero-order valence-corrected chi connectivity index (χ0v) is 20.2. The van der Waals surface area contributed by atoms with E-state index in [9.17, 15) is 14.4 Å². The van der Waals surface area contributed by atoms with E-state index < -0.39 is 18.2 Å². The molecule has 1 saturated heterocycles. The van der Waals surface area contributed by atoms with E-state index in [1.54, 1.807) is 11.0 Å². The number of aromatic nitrogens is 1. The van der Waals surface area contributed by atoms with Gasteiger partial charge in [-0.15, -0.1) is 0 Å². The molecule has 3 aromatic rings. The van der Waals surface area contributed by atoms with Crippen molar-refractivity contribution in [2.24, 2.45) is 5.92 Å². The van der Waals surface area contributed by atoms with Crippen molar-refractivity contribution in [1.82, 2.24) is 15.2 Å². The zero-order valence-electron chi connectivity index (χ0n) is 20.2. The highest BCUT2D eigenvalue weighted by Crippen LogP contribution is 2.25. The van der Waals surface area contributed by atoms with Gasteiger partial charge >= 0.3 is 6.09 Å². The fourth-order valence-corrected chi connectivity index (χ4v) is 4.40. The molecule has 2 atom stereocenters. The Morgan fingerprint density at radius 3 is 2.51 bits per heavy atom. The standard InChI is InChI=1S/C27H30N4O4/c1-17(2)24(30-27(34)35-3)26(33)31-15-7-10-22(31)25(32)29-23-14-12-20-16-19(11-13-21(20)28-23)18-8-5-4-6-9-18/h4-6,8-9,11-14,16-17,22,24H,7,10,15H2,1-3H3,(H,30,34)(H,28,29,32)/t22-,24-/m0/s1. The number of carbonyl (C=O) groups is 3. The number of nitrogens with zero attached hydrogens (tertiary/aromatic N) is 2. The first kappa shape index (κ1) is 24.2. The molecular formula is C27H30N4O4. The third-order valence-corrected chi connectivity index (χ3v) is 6.28. The number of methoxy groups -OCH3 is 1. The lowest BCUT2D eigenvalue weighted by molar-refractivity contribution is -0.139. The van der Waals surface area contributed by atoms with E-state index in [0.29, 0.717) is 25.2 Å². The summed E-state index contributed by atoms with van der Waals surface area (Å²) < 4.78 is 4.66. The van der Waals surface area contributed by atoms with Crippen molar-refractivity contribution >= 4 is 34.6 Å². The predicted molar refractivity (Wildman–Crippen MR) is 135 cm³/mol. The number of anilines is 1. The fraction of sp³-hybridized carbons (Fsp3) is 0.333. The molecule has 4 rings (SSSR count). The summed E-state index contributed by atoms with van der Waals surface area (Å²) >= 11 is 0. The van der Waals surface area contributed by atoms with Gasteiger partial charge in [-0.25, -0.2) is 9.78 Å². The van der Waals surface area contributed by atoms with Crippen LogP contribution in [0.4, 0.5) is 10.6 Å². The van der Waals surface area contributed by atoms with Gasteiger partial charge < -0.3 is 20.3 Å². The summed E-state index contributed by atoms with van der Waals surface area (Å²) in [6.45, 7) is 4.13. The second-order valence-electron chi connectivity index (χ2n) is 9.01. The molecule has 1 aliphatic heterocycles. The highest BCUT2D eigenvalue weighted by molar-refractivity contribution is 5.99. The lowest BCUT2D eigenvalue weighted by Gasteiger charge is -2.30.